The van der Waals surface area contributed by atoms with Gasteiger partial charge < -0.3 is 5.32 Å². The first-order chi connectivity index (χ1) is 11.8. The highest BCUT2D eigenvalue weighted by Crippen LogP contribution is 2.26. The van der Waals surface area contributed by atoms with Crippen LogP contribution in [0.3, 0.4) is 0 Å². The van der Waals surface area contributed by atoms with Crippen molar-refractivity contribution in [2.45, 2.75) is 0 Å². The van der Waals surface area contributed by atoms with E-state index in [0.29, 0.717) is 5.57 Å². The molecule has 0 radical (unpaired) electrons. The summed E-state index contributed by atoms with van der Waals surface area (Å²) in [5, 5.41) is 4.96. The van der Waals surface area contributed by atoms with Crippen molar-refractivity contribution < 1.29 is 4.79 Å². The summed E-state index contributed by atoms with van der Waals surface area (Å²) in [6.07, 6.45) is 3.84. The monoisotopic (exact) mass is 329 g/mol. The van der Waals surface area contributed by atoms with Crippen LogP contribution in [0.4, 0.5) is 0 Å². The smallest absolute Gasteiger partial charge is 0.255 e. The molecule has 3 aromatic rings. The molecule has 1 aliphatic heterocycles. The van der Waals surface area contributed by atoms with Gasteiger partial charge in [0.25, 0.3) is 5.91 Å². The van der Waals surface area contributed by atoms with Gasteiger partial charge in [-0.2, -0.15) is 0 Å². The molecule has 24 heavy (non-hydrogen) atoms. The number of hydrogen-bond donors (Lipinski definition) is 1. The fourth-order valence-electron chi connectivity index (χ4n) is 2.71. The van der Waals surface area contributed by atoms with Crippen LogP contribution in [0, 0.1) is 0 Å². The number of carbonyl (C=O) groups excluding carboxylic acids is 1. The maximum atomic E-state index is 12.1. The van der Waals surface area contributed by atoms with E-state index < -0.39 is 0 Å². The van der Waals surface area contributed by atoms with Crippen molar-refractivity contribution in [1.29, 1.82) is 0 Å². The molecular formula is C21H15NOS. The van der Waals surface area contributed by atoms with E-state index in [9.17, 15) is 4.79 Å². The maximum absolute atomic E-state index is 12.1. The third-order valence-electron chi connectivity index (χ3n) is 3.95. The fourth-order valence-corrected chi connectivity index (χ4v) is 3.38. The zero-order valence-electron chi connectivity index (χ0n) is 12.9. The van der Waals surface area contributed by atoms with Crippen LogP contribution in [-0.2, 0) is 4.79 Å². The molecule has 4 rings (SSSR count). The topological polar surface area (TPSA) is 29.1 Å². The molecule has 0 spiro atoms. The van der Waals surface area contributed by atoms with E-state index in [4.69, 9.17) is 0 Å². The molecule has 0 fully saturated rings. The molecule has 0 bridgehead atoms. The van der Waals surface area contributed by atoms with Crippen molar-refractivity contribution in [3.63, 3.8) is 0 Å². The first-order valence-corrected chi connectivity index (χ1v) is 8.62. The van der Waals surface area contributed by atoms with Gasteiger partial charge in [-0.1, -0.05) is 60.7 Å². The summed E-state index contributed by atoms with van der Waals surface area (Å²) < 4.78 is 0. The van der Waals surface area contributed by atoms with Crippen LogP contribution in [0.1, 0.15) is 10.4 Å². The highest BCUT2D eigenvalue weighted by Gasteiger charge is 2.19. The second kappa shape index (κ2) is 6.30. The maximum Gasteiger partial charge on any atom is 0.255 e. The predicted octanol–water partition coefficient (Wildman–Crippen LogP) is 4.97. The van der Waals surface area contributed by atoms with Crippen LogP contribution in [0.15, 0.2) is 83.8 Å². The van der Waals surface area contributed by atoms with Crippen molar-refractivity contribution in [2.75, 3.05) is 0 Å². The quantitative estimate of drug-likeness (QED) is 0.675. The molecule has 0 saturated heterocycles. The molecule has 0 atom stereocenters. The van der Waals surface area contributed by atoms with E-state index in [2.05, 4.69) is 29.6 Å². The molecule has 3 heteroatoms. The lowest BCUT2D eigenvalue weighted by atomic mass is 10.0. The van der Waals surface area contributed by atoms with E-state index in [-0.39, 0.29) is 5.91 Å². The molecular weight excluding hydrogens is 314 g/mol. The highest BCUT2D eigenvalue weighted by atomic mass is 32.1. The van der Waals surface area contributed by atoms with Crippen molar-refractivity contribution in [1.82, 2.24) is 5.32 Å². The first-order valence-electron chi connectivity index (χ1n) is 7.74. The largest absolute Gasteiger partial charge is 0.321 e. The average molecular weight is 329 g/mol. The second-order valence-corrected chi connectivity index (χ2v) is 6.55. The van der Waals surface area contributed by atoms with Crippen LogP contribution in [-0.4, -0.2) is 5.91 Å². The number of hydrogen-bond acceptors (Lipinski definition) is 2. The van der Waals surface area contributed by atoms with Crippen molar-refractivity contribution >= 4 is 29.0 Å². The van der Waals surface area contributed by atoms with Gasteiger partial charge in [0.15, 0.2) is 0 Å². The lowest BCUT2D eigenvalue weighted by Gasteiger charge is -2.05. The Hall–Kier alpha value is -2.91. The number of nitrogens with one attached hydrogen (secondary N) is 1. The van der Waals surface area contributed by atoms with Gasteiger partial charge in [0.1, 0.15) is 0 Å². The van der Waals surface area contributed by atoms with Gasteiger partial charge in [0.05, 0.1) is 0 Å². The third kappa shape index (κ3) is 2.94. The van der Waals surface area contributed by atoms with Gasteiger partial charge in [-0.25, -0.2) is 0 Å². The molecule has 1 amide bonds. The Morgan fingerprint density at radius 3 is 2.21 bits per heavy atom. The fraction of sp³-hybridized carbons (Fsp3) is 0. The number of thiophene rings is 1. The Morgan fingerprint density at radius 2 is 1.50 bits per heavy atom. The van der Waals surface area contributed by atoms with Gasteiger partial charge in [-0.3, -0.25) is 4.79 Å². The summed E-state index contributed by atoms with van der Waals surface area (Å²) in [5.74, 6) is -0.0504. The predicted molar refractivity (Wildman–Crippen MR) is 100 cm³/mol. The summed E-state index contributed by atoms with van der Waals surface area (Å²) in [6, 6.07) is 22.5. The Morgan fingerprint density at radius 1 is 0.792 bits per heavy atom. The van der Waals surface area contributed by atoms with Crippen LogP contribution < -0.4 is 5.32 Å². The molecule has 0 saturated carbocycles. The Balaban J connectivity index is 1.61. The molecule has 2 heterocycles. The van der Waals surface area contributed by atoms with Crippen LogP contribution in [0.5, 0.6) is 0 Å². The van der Waals surface area contributed by atoms with E-state index in [1.165, 1.54) is 11.1 Å². The molecule has 2 nitrogen and oxygen atoms in total. The van der Waals surface area contributed by atoms with E-state index >= 15 is 0 Å². The number of rotatable bonds is 3. The molecule has 0 unspecified atom stereocenters. The Bertz CT molecular complexity index is 920. The number of benzene rings is 2. The van der Waals surface area contributed by atoms with Gasteiger partial charge in [0, 0.05) is 16.1 Å². The first kappa shape index (κ1) is 14.7. The van der Waals surface area contributed by atoms with Crippen molar-refractivity contribution in [2.24, 2.45) is 0 Å². The summed E-state index contributed by atoms with van der Waals surface area (Å²) in [7, 11) is 0. The van der Waals surface area contributed by atoms with Crippen molar-refractivity contribution in [3.05, 3.63) is 94.2 Å². The van der Waals surface area contributed by atoms with E-state index in [1.807, 2.05) is 60.0 Å². The Kier molecular flexibility index (Phi) is 3.85. The Labute approximate surface area is 144 Å². The highest BCUT2D eigenvalue weighted by molar-refractivity contribution is 7.10. The molecule has 1 aliphatic rings. The van der Waals surface area contributed by atoms with E-state index in [0.717, 1.165) is 16.1 Å². The minimum absolute atomic E-state index is 0.0504. The molecule has 2 aromatic carbocycles. The van der Waals surface area contributed by atoms with Gasteiger partial charge in [-0.15, -0.1) is 11.3 Å². The van der Waals surface area contributed by atoms with E-state index in [1.54, 1.807) is 11.3 Å². The van der Waals surface area contributed by atoms with Gasteiger partial charge in [0.2, 0.25) is 0 Å². The number of carbonyl (C=O) groups is 1. The number of amides is 1. The second-order valence-electron chi connectivity index (χ2n) is 5.57. The summed E-state index contributed by atoms with van der Waals surface area (Å²) in [5.41, 5.74) is 4.91. The van der Waals surface area contributed by atoms with Crippen LogP contribution in [0.2, 0.25) is 0 Å². The standard InChI is InChI=1S/C21H15NOS/c23-21-18(13-19-7-4-12-24-19)14-20(22-21)17-10-8-16(9-11-17)15-5-2-1-3-6-15/h1-14H,(H,22,23)/b18-13+. The van der Waals surface area contributed by atoms with Crippen LogP contribution in [0.25, 0.3) is 22.9 Å². The average Bonchev–Trinajstić information content (AvgIpc) is 3.27. The molecule has 116 valence electrons. The van der Waals surface area contributed by atoms with Crippen LogP contribution >= 0.6 is 11.3 Å². The normalized spacial score (nSPS) is 15.4. The van der Waals surface area contributed by atoms with Gasteiger partial charge in [-0.05, 0) is 40.3 Å². The summed E-state index contributed by atoms with van der Waals surface area (Å²) in [4.78, 5) is 13.2. The van der Waals surface area contributed by atoms with Crippen molar-refractivity contribution in [3.8, 4) is 11.1 Å². The zero-order valence-corrected chi connectivity index (χ0v) is 13.7. The molecule has 1 N–H and O–H groups in total. The third-order valence-corrected chi connectivity index (χ3v) is 4.77. The summed E-state index contributed by atoms with van der Waals surface area (Å²) in [6.45, 7) is 0. The minimum atomic E-state index is -0.0504. The summed E-state index contributed by atoms with van der Waals surface area (Å²) >= 11 is 1.62. The minimum Gasteiger partial charge on any atom is -0.321 e. The van der Waals surface area contributed by atoms with Gasteiger partial charge >= 0.3 is 0 Å². The zero-order chi connectivity index (χ0) is 16.4. The molecule has 1 aromatic heterocycles. The molecule has 0 aliphatic carbocycles. The lowest BCUT2D eigenvalue weighted by Crippen LogP contribution is -2.15. The SMILES string of the molecule is O=C1NC(c2ccc(-c3ccccc3)cc2)=C/C1=C\c1cccs1. The lowest BCUT2D eigenvalue weighted by molar-refractivity contribution is -0.115.